The quantitative estimate of drug-likeness (QED) is 0.769. The smallest absolute Gasteiger partial charge is 0.319 e. The van der Waals surface area contributed by atoms with E-state index in [0.29, 0.717) is 28.6 Å². The number of carbonyl (C=O) groups is 1. The molecule has 1 atom stereocenters. The van der Waals surface area contributed by atoms with Crippen molar-refractivity contribution in [3.63, 3.8) is 0 Å². The molecular weight excluding hydrogens is 347 g/mol. The number of carbonyl (C=O) groups excluding carboxylic acids is 1. The maximum Gasteiger partial charge on any atom is 0.319 e. The van der Waals surface area contributed by atoms with E-state index in [1.54, 1.807) is 18.2 Å². The lowest BCUT2D eigenvalue weighted by molar-refractivity contribution is 0.0295. The highest BCUT2D eigenvalue weighted by molar-refractivity contribution is 6.42. The van der Waals surface area contributed by atoms with Gasteiger partial charge in [-0.05, 0) is 42.2 Å². The Morgan fingerprint density at radius 3 is 2.62 bits per heavy atom. The highest BCUT2D eigenvalue weighted by Gasteiger charge is 2.32. The van der Waals surface area contributed by atoms with E-state index in [1.807, 2.05) is 18.2 Å². The molecule has 0 heterocycles. The number of hydrogen-bond donors (Lipinski definition) is 3. The highest BCUT2D eigenvalue weighted by Crippen LogP contribution is 2.28. The summed E-state index contributed by atoms with van der Waals surface area (Å²) in [4.78, 5) is 12.0. The fourth-order valence-corrected chi connectivity index (χ4v) is 3.23. The Hall–Kier alpha value is -1.75. The molecule has 0 spiro atoms. The van der Waals surface area contributed by atoms with Crippen molar-refractivity contribution in [2.75, 3.05) is 11.9 Å². The molecule has 0 saturated heterocycles. The Kier molecular flexibility index (Phi) is 4.99. The number of nitrogens with one attached hydrogen (secondary N) is 2. The van der Waals surface area contributed by atoms with E-state index in [0.717, 1.165) is 12.0 Å². The topological polar surface area (TPSA) is 61.4 Å². The number of aliphatic hydroxyl groups is 1. The molecule has 2 aromatic carbocycles. The molecule has 2 aromatic rings. The van der Waals surface area contributed by atoms with Crippen molar-refractivity contribution >= 4 is 34.9 Å². The molecule has 0 aromatic heterocycles. The molecule has 3 rings (SSSR count). The first-order valence-corrected chi connectivity index (χ1v) is 8.50. The normalized spacial score (nSPS) is 19.5. The molecule has 0 aliphatic heterocycles. The van der Waals surface area contributed by atoms with Crippen molar-refractivity contribution in [2.24, 2.45) is 0 Å². The number of aryl methyl sites for hydroxylation is 1. The van der Waals surface area contributed by atoms with Crippen LogP contribution in [0.1, 0.15) is 17.5 Å². The zero-order valence-corrected chi connectivity index (χ0v) is 14.5. The molecule has 0 saturated carbocycles. The minimum atomic E-state index is -0.927. The van der Waals surface area contributed by atoms with Gasteiger partial charge in [-0.1, -0.05) is 47.5 Å². The largest absolute Gasteiger partial charge is 0.388 e. The van der Waals surface area contributed by atoms with E-state index in [4.69, 9.17) is 23.2 Å². The maximum atomic E-state index is 12.0. The summed E-state index contributed by atoms with van der Waals surface area (Å²) in [6.45, 7) is 0.189. The van der Waals surface area contributed by atoms with Crippen LogP contribution < -0.4 is 10.6 Å². The van der Waals surface area contributed by atoms with Gasteiger partial charge in [-0.15, -0.1) is 0 Å². The molecular formula is C18H18Cl2N2O2. The third-order valence-electron chi connectivity index (χ3n) is 4.25. The van der Waals surface area contributed by atoms with Gasteiger partial charge in [-0.25, -0.2) is 4.79 Å². The van der Waals surface area contributed by atoms with Crippen LogP contribution in [0.2, 0.25) is 10.0 Å². The second kappa shape index (κ2) is 7.01. The van der Waals surface area contributed by atoms with Gasteiger partial charge in [0.25, 0.3) is 0 Å². The van der Waals surface area contributed by atoms with E-state index in [-0.39, 0.29) is 12.6 Å². The summed E-state index contributed by atoms with van der Waals surface area (Å²) in [5.74, 6) is 0. The summed E-state index contributed by atoms with van der Waals surface area (Å²) in [6.07, 6.45) is 1.97. The highest BCUT2D eigenvalue weighted by atomic mass is 35.5. The minimum Gasteiger partial charge on any atom is -0.388 e. The summed E-state index contributed by atoms with van der Waals surface area (Å²) in [5.41, 5.74) is 2.02. The molecule has 126 valence electrons. The first-order chi connectivity index (χ1) is 11.5. The van der Waals surface area contributed by atoms with Crippen LogP contribution in [0.25, 0.3) is 0 Å². The van der Waals surface area contributed by atoms with Crippen LogP contribution >= 0.6 is 23.2 Å². The van der Waals surface area contributed by atoms with Crippen LogP contribution in [0, 0.1) is 0 Å². The van der Waals surface area contributed by atoms with Gasteiger partial charge in [-0.3, -0.25) is 0 Å². The summed E-state index contributed by atoms with van der Waals surface area (Å²) in [7, 11) is 0. The lowest BCUT2D eigenvalue weighted by atomic mass is 9.80. The number of rotatable bonds is 3. The third kappa shape index (κ3) is 4.01. The van der Waals surface area contributed by atoms with Crippen molar-refractivity contribution < 1.29 is 9.90 Å². The second-order valence-corrected chi connectivity index (χ2v) is 6.92. The van der Waals surface area contributed by atoms with Gasteiger partial charge in [-0.2, -0.15) is 0 Å². The molecule has 1 aliphatic carbocycles. The van der Waals surface area contributed by atoms with E-state index in [1.165, 1.54) is 5.56 Å². The van der Waals surface area contributed by atoms with Gasteiger partial charge < -0.3 is 15.7 Å². The van der Waals surface area contributed by atoms with E-state index >= 15 is 0 Å². The number of benzene rings is 2. The SMILES string of the molecule is O=C(NC[C@]1(O)CCc2ccccc2C1)Nc1ccc(Cl)c(Cl)c1. The zero-order chi connectivity index (χ0) is 17.2. The number of urea groups is 1. The van der Waals surface area contributed by atoms with Crippen LogP contribution in [0.4, 0.5) is 10.5 Å². The van der Waals surface area contributed by atoms with Crippen molar-refractivity contribution in [2.45, 2.75) is 24.9 Å². The number of halogens is 2. The van der Waals surface area contributed by atoms with Crippen LogP contribution in [0.5, 0.6) is 0 Å². The van der Waals surface area contributed by atoms with E-state index in [9.17, 15) is 9.90 Å². The number of fused-ring (bicyclic) bond motifs is 1. The van der Waals surface area contributed by atoms with Crippen LogP contribution in [0.3, 0.4) is 0 Å². The number of hydrogen-bond acceptors (Lipinski definition) is 2. The van der Waals surface area contributed by atoms with E-state index in [2.05, 4.69) is 16.7 Å². The molecule has 0 unspecified atom stereocenters. The van der Waals surface area contributed by atoms with Crippen molar-refractivity contribution in [1.29, 1.82) is 0 Å². The molecule has 0 radical (unpaired) electrons. The predicted molar refractivity (Wildman–Crippen MR) is 96.9 cm³/mol. The van der Waals surface area contributed by atoms with E-state index < -0.39 is 5.60 Å². The van der Waals surface area contributed by atoms with Crippen LogP contribution in [0.15, 0.2) is 42.5 Å². The molecule has 2 amide bonds. The van der Waals surface area contributed by atoms with Gasteiger partial charge in [0.15, 0.2) is 0 Å². The Labute approximate surface area is 150 Å². The predicted octanol–water partition coefficient (Wildman–Crippen LogP) is 4.03. The Morgan fingerprint density at radius 1 is 1.12 bits per heavy atom. The summed E-state index contributed by atoms with van der Waals surface area (Å²) in [6, 6.07) is 12.6. The summed E-state index contributed by atoms with van der Waals surface area (Å²) in [5, 5.41) is 16.9. The Morgan fingerprint density at radius 2 is 1.88 bits per heavy atom. The van der Waals surface area contributed by atoms with Crippen molar-refractivity contribution in [3.8, 4) is 0 Å². The van der Waals surface area contributed by atoms with Crippen molar-refractivity contribution in [3.05, 3.63) is 63.6 Å². The van der Waals surface area contributed by atoms with Gasteiger partial charge in [0.2, 0.25) is 0 Å². The maximum absolute atomic E-state index is 12.0. The Bertz CT molecular complexity index is 766. The molecule has 24 heavy (non-hydrogen) atoms. The van der Waals surface area contributed by atoms with Crippen LogP contribution in [-0.2, 0) is 12.8 Å². The molecule has 0 fully saturated rings. The molecule has 3 N–H and O–H groups in total. The number of anilines is 1. The molecule has 4 nitrogen and oxygen atoms in total. The monoisotopic (exact) mass is 364 g/mol. The average Bonchev–Trinajstić information content (AvgIpc) is 2.56. The first kappa shape index (κ1) is 17.1. The zero-order valence-electron chi connectivity index (χ0n) is 13.0. The van der Waals surface area contributed by atoms with Gasteiger partial charge in [0.05, 0.1) is 15.6 Å². The molecule has 1 aliphatic rings. The van der Waals surface area contributed by atoms with Gasteiger partial charge in [0.1, 0.15) is 0 Å². The average molecular weight is 365 g/mol. The standard InChI is InChI=1S/C18H18Cl2N2O2/c19-15-6-5-14(9-16(15)20)22-17(23)21-11-18(24)8-7-12-3-1-2-4-13(12)10-18/h1-6,9,24H,7-8,10-11H2,(H2,21,22,23)/t18-/m0/s1. The van der Waals surface area contributed by atoms with Gasteiger partial charge in [0, 0.05) is 18.7 Å². The van der Waals surface area contributed by atoms with Crippen LogP contribution in [-0.4, -0.2) is 23.3 Å². The Balaban J connectivity index is 1.57. The number of amides is 2. The second-order valence-electron chi connectivity index (χ2n) is 6.11. The minimum absolute atomic E-state index is 0.189. The first-order valence-electron chi connectivity index (χ1n) is 7.74. The lowest BCUT2D eigenvalue weighted by Gasteiger charge is -2.33. The summed E-state index contributed by atoms with van der Waals surface area (Å²) < 4.78 is 0. The molecule has 6 heteroatoms. The summed E-state index contributed by atoms with van der Waals surface area (Å²) >= 11 is 11.8. The fourth-order valence-electron chi connectivity index (χ4n) is 2.93. The third-order valence-corrected chi connectivity index (χ3v) is 4.99. The molecule has 0 bridgehead atoms. The van der Waals surface area contributed by atoms with Crippen molar-refractivity contribution in [1.82, 2.24) is 5.32 Å². The fraction of sp³-hybridized carbons (Fsp3) is 0.278. The lowest BCUT2D eigenvalue weighted by Crippen LogP contribution is -2.47. The van der Waals surface area contributed by atoms with Gasteiger partial charge >= 0.3 is 6.03 Å².